The Balaban J connectivity index is 2.03. The van der Waals surface area contributed by atoms with E-state index in [4.69, 9.17) is 33.7 Å². The van der Waals surface area contributed by atoms with Gasteiger partial charge in [-0.1, -0.05) is 23.2 Å². The molecule has 2 rings (SSSR count). The third-order valence-electron chi connectivity index (χ3n) is 2.96. The summed E-state index contributed by atoms with van der Waals surface area (Å²) in [6.45, 7) is -0.832. The summed E-state index contributed by atoms with van der Waals surface area (Å²) in [4.78, 5) is 23.6. The normalized spacial score (nSPS) is 10.4. The molecular formula is C15H9Cl2F3N2O3. The van der Waals surface area contributed by atoms with Crippen molar-refractivity contribution in [3.8, 4) is 0 Å². The van der Waals surface area contributed by atoms with Gasteiger partial charge in [0.05, 0.1) is 22.0 Å². The van der Waals surface area contributed by atoms with Crippen LogP contribution < -0.4 is 11.1 Å². The molecule has 0 heterocycles. The molecule has 1 amide bonds. The molecule has 0 aliphatic carbocycles. The van der Waals surface area contributed by atoms with Gasteiger partial charge < -0.3 is 15.8 Å². The van der Waals surface area contributed by atoms with E-state index in [1.165, 1.54) is 12.1 Å². The lowest BCUT2D eigenvalue weighted by molar-refractivity contribution is -0.119. The fourth-order valence-electron chi connectivity index (χ4n) is 1.77. The van der Waals surface area contributed by atoms with E-state index < -0.39 is 41.6 Å². The van der Waals surface area contributed by atoms with Gasteiger partial charge in [-0.2, -0.15) is 0 Å². The van der Waals surface area contributed by atoms with Crippen molar-refractivity contribution in [2.45, 2.75) is 0 Å². The summed E-state index contributed by atoms with van der Waals surface area (Å²) in [5.74, 6) is -6.70. The first-order chi connectivity index (χ1) is 11.7. The molecule has 2 aromatic carbocycles. The van der Waals surface area contributed by atoms with Gasteiger partial charge >= 0.3 is 5.97 Å². The van der Waals surface area contributed by atoms with Gasteiger partial charge in [0.15, 0.2) is 24.1 Å². The molecule has 0 fully saturated rings. The monoisotopic (exact) mass is 392 g/mol. The van der Waals surface area contributed by atoms with E-state index in [0.29, 0.717) is 6.07 Å². The van der Waals surface area contributed by atoms with E-state index in [0.717, 1.165) is 6.07 Å². The number of hydrogen-bond donors (Lipinski definition) is 2. The third-order valence-corrected chi connectivity index (χ3v) is 3.49. The van der Waals surface area contributed by atoms with Crippen LogP contribution in [-0.4, -0.2) is 18.5 Å². The highest BCUT2D eigenvalue weighted by Crippen LogP contribution is 2.28. The fraction of sp³-hybridized carbons (Fsp3) is 0.0667. The SMILES string of the molecule is Nc1c(Cl)cc(Cl)cc1C(=O)OCC(=O)Nc1ccc(F)c(F)c1F. The van der Waals surface area contributed by atoms with Crippen molar-refractivity contribution in [1.29, 1.82) is 0 Å². The van der Waals surface area contributed by atoms with Crippen molar-refractivity contribution < 1.29 is 27.5 Å². The second kappa shape index (κ2) is 7.62. The van der Waals surface area contributed by atoms with E-state index in [1.54, 1.807) is 0 Å². The molecule has 0 aliphatic rings. The summed E-state index contributed by atoms with van der Waals surface area (Å²) in [5.41, 5.74) is 4.75. The zero-order valence-corrected chi connectivity index (χ0v) is 13.7. The van der Waals surface area contributed by atoms with Gasteiger partial charge in [0, 0.05) is 5.02 Å². The molecule has 0 aromatic heterocycles. The van der Waals surface area contributed by atoms with E-state index in [-0.39, 0.29) is 21.3 Å². The highest BCUT2D eigenvalue weighted by atomic mass is 35.5. The molecule has 25 heavy (non-hydrogen) atoms. The first-order valence-electron chi connectivity index (χ1n) is 6.55. The number of rotatable bonds is 4. The van der Waals surface area contributed by atoms with Crippen LogP contribution >= 0.6 is 23.2 Å². The molecule has 10 heteroatoms. The van der Waals surface area contributed by atoms with E-state index >= 15 is 0 Å². The molecule has 0 atom stereocenters. The highest BCUT2D eigenvalue weighted by molar-refractivity contribution is 6.37. The van der Waals surface area contributed by atoms with E-state index in [2.05, 4.69) is 0 Å². The number of nitrogens with one attached hydrogen (secondary N) is 1. The predicted octanol–water partition coefficient (Wildman–Crippen LogP) is 3.79. The van der Waals surface area contributed by atoms with Crippen LogP contribution in [0.5, 0.6) is 0 Å². The molecule has 132 valence electrons. The van der Waals surface area contributed by atoms with Crippen LogP contribution in [0.1, 0.15) is 10.4 Å². The lowest BCUT2D eigenvalue weighted by Gasteiger charge is -2.10. The number of amides is 1. The van der Waals surface area contributed by atoms with Gasteiger partial charge in [-0.15, -0.1) is 0 Å². The average molecular weight is 393 g/mol. The second-order valence-electron chi connectivity index (χ2n) is 4.70. The number of carbonyl (C=O) groups excluding carboxylic acids is 2. The fourth-order valence-corrected chi connectivity index (χ4v) is 2.26. The number of esters is 1. The number of halogens is 5. The summed E-state index contributed by atoms with van der Waals surface area (Å²) in [6.07, 6.45) is 0. The summed E-state index contributed by atoms with van der Waals surface area (Å²) >= 11 is 11.5. The number of carbonyl (C=O) groups is 2. The largest absolute Gasteiger partial charge is 0.452 e. The van der Waals surface area contributed by atoms with Crippen LogP contribution in [0.25, 0.3) is 0 Å². The standard InChI is InChI=1S/C15H9Cl2F3N2O3/c16-6-3-7(14(21)8(17)4-6)15(24)25-5-11(23)22-10-2-1-9(18)12(19)13(10)20/h1-4H,5,21H2,(H,22,23). The minimum atomic E-state index is -1.74. The van der Waals surface area contributed by atoms with Crippen molar-refractivity contribution in [3.05, 3.63) is 57.3 Å². The zero-order chi connectivity index (χ0) is 18.7. The van der Waals surface area contributed by atoms with E-state index in [1.807, 2.05) is 5.32 Å². The molecule has 0 spiro atoms. The minimum Gasteiger partial charge on any atom is -0.452 e. The zero-order valence-electron chi connectivity index (χ0n) is 12.2. The first kappa shape index (κ1) is 18.9. The molecule has 3 N–H and O–H groups in total. The minimum absolute atomic E-state index is 0.0211. The maximum absolute atomic E-state index is 13.4. The smallest absolute Gasteiger partial charge is 0.340 e. The third kappa shape index (κ3) is 4.34. The van der Waals surface area contributed by atoms with Gasteiger partial charge in [0.25, 0.3) is 5.91 Å². The Kier molecular flexibility index (Phi) is 5.76. The lowest BCUT2D eigenvalue weighted by atomic mass is 10.2. The number of hydrogen-bond acceptors (Lipinski definition) is 4. The lowest BCUT2D eigenvalue weighted by Crippen LogP contribution is -2.22. The first-order valence-corrected chi connectivity index (χ1v) is 7.31. The van der Waals surface area contributed by atoms with Crippen molar-refractivity contribution in [1.82, 2.24) is 0 Å². The Morgan fingerprint density at radius 3 is 2.48 bits per heavy atom. The highest BCUT2D eigenvalue weighted by Gasteiger charge is 2.18. The Labute approximate surface area is 149 Å². The predicted molar refractivity (Wildman–Crippen MR) is 86.1 cm³/mol. The Bertz CT molecular complexity index is 862. The van der Waals surface area contributed by atoms with Gasteiger partial charge in [-0.25, -0.2) is 18.0 Å². The van der Waals surface area contributed by atoms with Gasteiger partial charge in [0.2, 0.25) is 0 Å². The number of benzene rings is 2. The topological polar surface area (TPSA) is 81.4 Å². The van der Waals surface area contributed by atoms with Gasteiger partial charge in [-0.05, 0) is 24.3 Å². The number of nitrogens with two attached hydrogens (primary N) is 1. The van der Waals surface area contributed by atoms with Gasteiger partial charge in [-0.3, -0.25) is 4.79 Å². The Morgan fingerprint density at radius 1 is 1.12 bits per heavy atom. The summed E-state index contributed by atoms with van der Waals surface area (Å²) < 4.78 is 44.0. The van der Waals surface area contributed by atoms with Crippen molar-refractivity contribution >= 4 is 46.5 Å². The van der Waals surface area contributed by atoms with Crippen molar-refractivity contribution in [3.63, 3.8) is 0 Å². The molecule has 0 unspecified atom stereocenters. The maximum Gasteiger partial charge on any atom is 0.340 e. The molecule has 0 aliphatic heterocycles. The quantitative estimate of drug-likeness (QED) is 0.471. The van der Waals surface area contributed by atoms with Crippen LogP contribution in [0, 0.1) is 17.5 Å². The summed E-state index contributed by atoms with van der Waals surface area (Å²) in [6, 6.07) is 3.96. The second-order valence-corrected chi connectivity index (χ2v) is 5.54. The maximum atomic E-state index is 13.4. The van der Waals surface area contributed by atoms with Crippen LogP contribution in [0.15, 0.2) is 24.3 Å². The molecule has 0 saturated carbocycles. The number of ether oxygens (including phenoxy) is 1. The summed E-state index contributed by atoms with van der Waals surface area (Å²) in [7, 11) is 0. The molecular weight excluding hydrogens is 384 g/mol. The Hall–Kier alpha value is -2.45. The number of anilines is 2. The van der Waals surface area contributed by atoms with Crippen LogP contribution in [-0.2, 0) is 9.53 Å². The van der Waals surface area contributed by atoms with Crippen LogP contribution in [0.4, 0.5) is 24.5 Å². The van der Waals surface area contributed by atoms with Crippen molar-refractivity contribution in [2.24, 2.45) is 0 Å². The molecule has 2 aromatic rings. The van der Waals surface area contributed by atoms with Gasteiger partial charge in [0.1, 0.15) is 0 Å². The molecule has 0 saturated heterocycles. The number of nitrogen functional groups attached to an aromatic ring is 1. The molecule has 5 nitrogen and oxygen atoms in total. The van der Waals surface area contributed by atoms with E-state index in [9.17, 15) is 22.8 Å². The summed E-state index contributed by atoms with van der Waals surface area (Å²) in [5, 5.41) is 2.09. The van der Waals surface area contributed by atoms with Crippen molar-refractivity contribution in [2.75, 3.05) is 17.7 Å². The molecule has 0 radical (unpaired) electrons. The molecule has 0 bridgehead atoms. The Morgan fingerprint density at radius 2 is 1.80 bits per heavy atom. The average Bonchev–Trinajstić information content (AvgIpc) is 2.56. The van der Waals surface area contributed by atoms with Crippen LogP contribution in [0.3, 0.4) is 0 Å². The van der Waals surface area contributed by atoms with Crippen LogP contribution in [0.2, 0.25) is 10.0 Å².